The number of para-hydroxylation sites is 1. The van der Waals surface area contributed by atoms with Crippen LogP contribution < -0.4 is 14.8 Å². The molecule has 7 nitrogen and oxygen atoms in total. The van der Waals surface area contributed by atoms with E-state index in [1.54, 1.807) is 11.8 Å². The Morgan fingerprint density at radius 2 is 1.71 bits per heavy atom. The lowest BCUT2D eigenvalue weighted by atomic mass is 9.96. The molecule has 0 saturated heterocycles. The van der Waals surface area contributed by atoms with Crippen LogP contribution in [0.3, 0.4) is 0 Å². The molecule has 0 unspecified atom stereocenters. The number of ether oxygens (including phenoxy) is 2. The molecule has 31 heavy (non-hydrogen) atoms. The van der Waals surface area contributed by atoms with Gasteiger partial charge in [0.15, 0.2) is 11.5 Å². The Bertz CT molecular complexity index is 927. The van der Waals surface area contributed by atoms with Gasteiger partial charge in [-0.05, 0) is 53.1 Å². The molecule has 8 heteroatoms. The molecule has 4 rings (SSSR count). The van der Waals surface area contributed by atoms with E-state index in [-0.39, 0.29) is 12.4 Å². The van der Waals surface area contributed by atoms with Crippen LogP contribution in [0, 0.1) is 0 Å². The van der Waals surface area contributed by atoms with E-state index < -0.39 is 0 Å². The summed E-state index contributed by atoms with van der Waals surface area (Å²) in [5.74, 6) is 1.24. The molecule has 0 amide bonds. The lowest BCUT2D eigenvalue weighted by molar-refractivity contribution is 0.361. The van der Waals surface area contributed by atoms with E-state index in [1.807, 2.05) is 42.5 Å². The molecular formula is C23H30ClN5O2. The van der Waals surface area contributed by atoms with Gasteiger partial charge in [0.2, 0.25) is 0 Å². The maximum absolute atomic E-state index is 5.99. The lowest BCUT2D eigenvalue weighted by Gasteiger charge is -2.21. The zero-order chi connectivity index (χ0) is 20.6. The largest absolute Gasteiger partial charge is 0.493 e. The second-order valence-corrected chi connectivity index (χ2v) is 7.72. The van der Waals surface area contributed by atoms with Crippen molar-refractivity contribution in [1.82, 2.24) is 25.5 Å². The summed E-state index contributed by atoms with van der Waals surface area (Å²) in [6.07, 6.45) is 9.29. The van der Waals surface area contributed by atoms with Gasteiger partial charge in [0.1, 0.15) is 0 Å². The maximum atomic E-state index is 5.99. The van der Waals surface area contributed by atoms with E-state index in [0.717, 1.165) is 12.2 Å². The number of benzene rings is 2. The maximum Gasteiger partial charge on any atom is 0.346 e. The van der Waals surface area contributed by atoms with E-state index in [9.17, 15) is 0 Å². The Balaban J connectivity index is 0.00000272. The zero-order valence-electron chi connectivity index (χ0n) is 17.9. The minimum Gasteiger partial charge on any atom is -0.493 e. The van der Waals surface area contributed by atoms with Crippen molar-refractivity contribution in [2.24, 2.45) is 0 Å². The molecule has 0 spiro atoms. The Labute approximate surface area is 189 Å². The molecule has 0 aliphatic heterocycles. The second-order valence-electron chi connectivity index (χ2n) is 7.72. The quantitative estimate of drug-likeness (QED) is 0.548. The van der Waals surface area contributed by atoms with Crippen molar-refractivity contribution >= 4 is 12.4 Å². The standard InChI is InChI=1S/C23H29N5O2.ClH/c1-29-22-16-18(17-24-19-10-6-3-2-4-7-11-19)14-15-21(22)30-23-25-26-27-28(23)20-12-8-5-9-13-20;/h5,8-9,12-16,19,24H,2-4,6-7,10-11,17H2,1H3;1H. The molecule has 1 N–H and O–H groups in total. The molecule has 1 saturated carbocycles. The van der Waals surface area contributed by atoms with Crippen LogP contribution in [-0.4, -0.2) is 33.4 Å². The van der Waals surface area contributed by atoms with Crippen molar-refractivity contribution < 1.29 is 9.47 Å². The van der Waals surface area contributed by atoms with Gasteiger partial charge in [-0.1, -0.05) is 61.5 Å². The summed E-state index contributed by atoms with van der Waals surface area (Å²) in [7, 11) is 1.65. The normalized spacial score (nSPS) is 14.9. The van der Waals surface area contributed by atoms with Crippen LogP contribution in [0.1, 0.15) is 50.5 Å². The molecular weight excluding hydrogens is 414 g/mol. The summed E-state index contributed by atoms with van der Waals surface area (Å²) in [5.41, 5.74) is 2.00. The van der Waals surface area contributed by atoms with Crippen molar-refractivity contribution in [3.05, 3.63) is 54.1 Å². The first-order valence-electron chi connectivity index (χ1n) is 10.8. The van der Waals surface area contributed by atoms with Crippen LogP contribution in [0.5, 0.6) is 17.5 Å². The molecule has 0 atom stereocenters. The summed E-state index contributed by atoms with van der Waals surface area (Å²) in [4.78, 5) is 0. The summed E-state index contributed by atoms with van der Waals surface area (Å²) in [6, 6.07) is 16.5. The van der Waals surface area contributed by atoms with Crippen molar-refractivity contribution in [1.29, 1.82) is 0 Å². The smallest absolute Gasteiger partial charge is 0.346 e. The average Bonchev–Trinajstić information content (AvgIpc) is 3.22. The van der Waals surface area contributed by atoms with Crippen molar-refractivity contribution in [3.63, 3.8) is 0 Å². The van der Waals surface area contributed by atoms with Gasteiger partial charge in [0.05, 0.1) is 12.8 Å². The number of nitrogens with one attached hydrogen (secondary N) is 1. The Morgan fingerprint density at radius 3 is 2.45 bits per heavy atom. The number of hydrogen-bond donors (Lipinski definition) is 1. The first kappa shape index (κ1) is 23.0. The molecule has 1 aliphatic carbocycles. The van der Waals surface area contributed by atoms with Gasteiger partial charge in [-0.3, -0.25) is 0 Å². The number of rotatable bonds is 7. The van der Waals surface area contributed by atoms with Crippen LogP contribution in [0.25, 0.3) is 5.69 Å². The molecule has 2 aromatic carbocycles. The fourth-order valence-corrected chi connectivity index (χ4v) is 3.90. The van der Waals surface area contributed by atoms with Crippen LogP contribution in [0.2, 0.25) is 0 Å². The third-order valence-electron chi connectivity index (χ3n) is 5.57. The van der Waals surface area contributed by atoms with Gasteiger partial charge in [0.25, 0.3) is 0 Å². The van der Waals surface area contributed by atoms with E-state index in [0.29, 0.717) is 23.6 Å². The summed E-state index contributed by atoms with van der Waals surface area (Å²) >= 11 is 0. The monoisotopic (exact) mass is 443 g/mol. The number of nitrogens with zero attached hydrogens (tertiary/aromatic N) is 4. The minimum atomic E-state index is 0. The molecule has 1 fully saturated rings. The molecule has 1 heterocycles. The lowest BCUT2D eigenvalue weighted by Crippen LogP contribution is -2.29. The molecule has 0 bridgehead atoms. The summed E-state index contributed by atoms with van der Waals surface area (Å²) < 4.78 is 13.1. The predicted molar refractivity (Wildman–Crippen MR) is 122 cm³/mol. The molecule has 1 aliphatic rings. The van der Waals surface area contributed by atoms with Crippen LogP contribution in [-0.2, 0) is 6.54 Å². The highest BCUT2D eigenvalue weighted by Crippen LogP contribution is 2.32. The summed E-state index contributed by atoms with van der Waals surface area (Å²) in [5, 5.41) is 15.5. The van der Waals surface area contributed by atoms with Crippen LogP contribution >= 0.6 is 12.4 Å². The molecule has 0 radical (unpaired) electrons. The first-order valence-corrected chi connectivity index (χ1v) is 10.8. The minimum absolute atomic E-state index is 0. The fourth-order valence-electron chi connectivity index (χ4n) is 3.90. The third kappa shape index (κ3) is 6.18. The number of aromatic nitrogens is 4. The summed E-state index contributed by atoms with van der Waals surface area (Å²) in [6.45, 7) is 0.822. The highest BCUT2D eigenvalue weighted by atomic mass is 35.5. The Hall–Kier alpha value is -2.64. The van der Waals surface area contributed by atoms with E-state index in [1.165, 1.54) is 50.5 Å². The highest BCUT2D eigenvalue weighted by Gasteiger charge is 2.15. The van der Waals surface area contributed by atoms with Crippen LogP contribution in [0.15, 0.2) is 48.5 Å². The van der Waals surface area contributed by atoms with Gasteiger partial charge in [-0.25, -0.2) is 0 Å². The van der Waals surface area contributed by atoms with Crippen LogP contribution in [0.4, 0.5) is 0 Å². The van der Waals surface area contributed by atoms with E-state index >= 15 is 0 Å². The zero-order valence-corrected chi connectivity index (χ0v) is 18.7. The third-order valence-corrected chi connectivity index (χ3v) is 5.57. The predicted octanol–water partition coefficient (Wildman–Crippen LogP) is 5.09. The molecule has 1 aromatic heterocycles. The average molecular weight is 444 g/mol. The van der Waals surface area contributed by atoms with Crippen molar-refractivity contribution in [3.8, 4) is 23.2 Å². The second kappa shape index (κ2) is 11.7. The van der Waals surface area contributed by atoms with Gasteiger partial charge in [-0.2, -0.15) is 4.68 Å². The van der Waals surface area contributed by atoms with E-state index in [4.69, 9.17) is 9.47 Å². The fraction of sp³-hybridized carbons (Fsp3) is 0.435. The van der Waals surface area contributed by atoms with Gasteiger partial charge >= 0.3 is 6.01 Å². The number of halogens is 1. The van der Waals surface area contributed by atoms with Crippen molar-refractivity contribution in [2.75, 3.05) is 7.11 Å². The number of hydrogen-bond acceptors (Lipinski definition) is 6. The molecule has 3 aromatic rings. The highest BCUT2D eigenvalue weighted by molar-refractivity contribution is 5.85. The van der Waals surface area contributed by atoms with Crippen molar-refractivity contribution in [2.45, 2.75) is 57.5 Å². The molecule has 166 valence electrons. The number of methoxy groups -OCH3 is 1. The van der Waals surface area contributed by atoms with Gasteiger partial charge in [0, 0.05) is 12.6 Å². The first-order chi connectivity index (χ1) is 14.8. The van der Waals surface area contributed by atoms with Gasteiger partial charge < -0.3 is 14.8 Å². The Kier molecular flexibility index (Phi) is 8.67. The Morgan fingerprint density at radius 1 is 0.968 bits per heavy atom. The van der Waals surface area contributed by atoms with Gasteiger partial charge in [-0.15, -0.1) is 12.4 Å². The topological polar surface area (TPSA) is 74.1 Å². The number of tetrazole rings is 1. The van der Waals surface area contributed by atoms with E-state index in [2.05, 4.69) is 26.9 Å². The SMILES string of the molecule is COc1cc(CNC2CCCCCCC2)ccc1Oc1nnnn1-c1ccccc1.Cl.